The van der Waals surface area contributed by atoms with Gasteiger partial charge in [-0.1, -0.05) is 6.07 Å². The second-order valence-electron chi connectivity index (χ2n) is 4.48. The van der Waals surface area contributed by atoms with E-state index in [2.05, 4.69) is 4.90 Å². The molecule has 0 radical (unpaired) electrons. The minimum atomic E-state index is -0.802. The van der Waals surface area contributed by atoms with Crippen LogP contribution in [-0.4, -0.2) is 30.9 Å². The van der Waals surface area contributed by atoms with Crippen molar-refractivity contribution >= 4 is 5.69 Å². The molecule has 0 spiro atoms. The van der Waals surface area contributed by atoms with Crippen molar-refractivity contribution in [3.05, 3.63) is 29.6 Å². The number of ether oxygens (including phenoxy) is 1. The summed E-state index contributed by atoms with van der Waals surface area (Å²) in [6.07, 6.45) is -0.668. The standard InChI is InChI=1S/C13H18FNO2/c1-9-8-15(6-7-17-9)12-5-3-4-11(14)13(12)10(2)16/h3-5,9-10,16H,6-8H2,1-2H3/t9?,10-/m1/s1. The van der Waals surface area contributed by atoms with Gasteiger partial charge >= 0.3 is 0 Å². The maximum atomic E-state index is 13.7. The fraction of sp³-hybridized carbons (Fsp3) is 0.538. The third kappa shape index (κ3) is 2.58. The van der Waals surface area contributed by atoms with Gasteiger partial charge in [0.2, 0.25) is 0 Å². The average molecular weight is 239 g/mol. The first-order valence-electron chi connectivity index (χ1n) is 5.92. The quantitative estimate of drug-likeness (QED) is 0.858. The van der Waals surface area contributed by atoms with Crippen LogP contribution in [0.2, 0.25) is 0 Å². The SMILES string of the molecule is CC1CN(c2cccc(F)c2[C@@H](C)O)CCO1. The summed E-state index contributed by atoms with van der Waals surface area (Å²) in [6, 6.07) is 4.91. The van der Waals surface area contributed by atoms with Crippen molar-refractivity contribution in [1.29, 1.82) is 0 Å². The van der Waals surface area contributed by atoms with Gasteiger partial charge < -0.3 is 14.7 Å². The van der Waals surface area contributed by atoms with Gasteiger partial charge in [-0.05, 0) is 26.0 Å². The third-order valence-corrected chi connectivity index (χ3v) is 3.03. The largest absolute Gasteiger partial charge is 0.389 e. The molecule has 0 amide bonds. The number of hydrogen-bond donors (Lipinski definition) is 1. The Morgan fingerprint density at radius 1 is 1.53 bits per heavy atom. The van der Waals surface area contributed by atoms with Gasteiger partial charge in [0, 0.05) is 24.3 Å². The van der Waals surface area contributed by atoms with Gasteiger partial charge in [0.25, 0.3) is 0 Å². The number of benzene rings is 1. The lowest BCUT2D eigenvalue weighted by Gasteiger charge is -2.34. The molecule has 1 aromatic carbocycles. The summed E-state index contributed by atoms with van der Waals surface area (Å²) in [4.78, 5) is 2.07. The number of hydrogen-bond acceptors (Lipinski definition) is 3. The van der Waals surface area contributed by atoms with E-state index in [1.807, 2.05) is 13.0 Å². The molecular weight excluding hydrogens is 221 g/mol. The lowest BCUT2D eigenvalue weighted by molar-refractivity contribution is 0.0529. The second kappa shape index (κ2) is 5.02. The van der Waals surface area contributed by atoms with Gasteiger partial charge in [-0.15, -0.1) is 0 Å². The Bertz CT molecular complexity index is 395. The molecule has 1 aliphatic heterocycles. The number of halogens is 1. The first-order chi connectivity index (χ1) is 8.09. The minimum absolute atomic E-state index is 0.133. The summed E-state index contributed by atoms with van der Waals surface area (Å²) >= 11 is 0. The molecule has 1 heterocycles. The van der Waals surface area contributed by atoms with Crippen LogP contribution in [0.25, 0.3) is 0 Å². The van der Waals surface area contributed by atoms with Crippen molar-refractivity contribution in [3.63, 3.8) is 0 Å². The Morgan fingerprint density at radius 3 is 2.94 bits per heavy atom. The number of aliphatic hydroxyl groups is 1. The predicted octanol–water partition coefficient (Wildman–Crippen LogP) is 2.10. The highest BCUT2D eigenvalue weighted by Gasteiger charge is 2.22. The van der Waals surface area contributed by atoms with Crippen LogP contribution in [0.15, 0.2) is 18.2 Å². The van der Waals surface area contributed by atoms with Gasteiger partial charge in [0.1, 0.15) is 5.82 Å². The molecule has 1 saturated heterocycles. The number of anilines is 1. The molecule has 4 heteroatoms. The summed E-state index contributed by atoms with van der Waals surface area (Å²) < 4.78 is 19.2. The van der Waals surface area contributed by atoms with Crippen LogP contribution < -0.4 is 4.90 Å². The smallest absolute Gasteiger partial charge is 0.131 e. The summed E-state index contributed by atoms with van der Waals surface area (Å²) in [6.45, 7) is 5.67. The van der Waals surface area contributed by atoms with Crippen LogP contribution in [0.3, 0.4) is 0 Å². The Morgan fingerprint density at radius 2 is 2.29 bits per heavy atom. The molecule has 1 aromatic rings. The van der Waals surface area contributed by atoms with E-state index in [1.165, 1.54) is 6.07 Å². The number of nitrogens with zero attached hydrogens (tertiary/aromatic N) is 1. The maximum absolute atomic E-state index is 13.7. The zero-order chi connectivity index (χ0) is 12.4. The minimum Gasteiger partial charge on any atom is -0.389 e. The van der Waals surface area contributed by atoms with Gasteiger partial charge in [-0.3, -0.25) is 0 Å². The molecule has 0 aliphatic carbocycles. The summed E-state index contributed by atoms with van der Waals surface area (Å²) in [5, 5.41) is 9.68. The highest BCUT2D eigenvalue weighted by atomic mass is 19.1. The first-order valence-corrected chi connectivity index (χ1v) is 5.92. The fourth-order valence-electron chi connectivity index (χ4n) is 2.25. The monoisotopic (exact) mass is 239 g/mol. The molecule has 2 atom stereocenters. The Hall–Kier alpha value is -1.13. The molecule has 1 aliphatic rings. The predicted molar refractivity (Wildman–Crippen MR) is 64.7 cm³/mol. The zero-order valence-electron chi connectivity index (χ0n) is 10.2. The van der Waals surface area contributed by atoms with Gasteiger partial charge in [0.05, 0.1) is 18.8 Å². The molecule has 1 fully saturated rings. The van der Waals surface area contributed by atoms with Crippen LogP contribution in [0.1, 0.15) is 25.5 Å². The zero-order valence-corrected chi connectivity index (χ0v) is 10.2. The van der Waals surface area contributed by atoms with E-state index in [0.29, 0.717) is 12.2 Å². The van der Waals surface area contributed by atoms with E-state index < -0.39 is 6.10 Å². The number of rotatable bonds is 2. The fourth-order valence-corrected chi connectivity index (χ4v) is 2.25. The molecule has 0 aromatic heterocycles. The van der Waals surface area contributed by atoms with Crippen molar-refractivity contribution < 1.29 is 14.2 Å². The highest BCUT2D eigenvalue weighted by molar-refractivity contribution is 5.55. The topological polar surface area (TPSA) is 32.7 Å². The number of morpholine rings is 1. The van der Waals surface area contributed by atoms with Crippen molar-refractivity contribution in [1.82, 2.24) is 0 Å². The molecule has 0 bridgehead atoms. The summed E-state index contributed by atoms with van der Waals surface area (Å²) in [7, 11) is 0. The van der Waals surface area contributed by atoms with Crippen LogP contribution in [0, 0.1) is 5.82 Å². The van der Waals surface area contributed by atoms with E-state index in [0.717, 1.165) is 18.8 Å². The van der Waals surface area contributed by atoms with Crippen LogP contribution in [0.4, 0.5) is 10.1 Å². The first kappa shape index (κ1) is 12.3. The van der Waals surface area contributed by atoms with Gasteiger partial charge in [0.15, 0.2) is 0 Å². The molecule has 2 rings (SSSR count). The van der Waals surface area contributed by atoms with Crippen molar-refractivity contribution in [3.8, 4) is 0 Å². The molecular formula is C13H18FNO2. The van der Waals surface area contributed by atoms with Crippen molar-refractivity contribution in [2.24, 2.45) is 0 Å². The summed E-state index contributed by atoms with van der Waals surface area (Å²) in [5.74, 6) is -0.350. The number of aliphatic hydroxyl groups excluding tert-OH is 1. The van der Waals surface area contributed by atoms with Crippen molar-refractivity contribution in [2.45, 2.75) is 26.1 Å². The second-order valence-corrected chi connectivity index (χ2v) is 4.48. The normalized spacial score (nSPS) is 22.6. The van der Waals surface area contributed by atoms with E-state index in [-0.39, 0.29) is 11.9 Å². The van der Waals surface area contributed by atoms with E-state index >= 15 is 0 Å². The van der Waals surface area contributed by atoms with Crippen LogP contribution in [-0.2, 0) is 4.74 Å². The lowest BCUT2D eigenvalue weighted by atomic mass is 10.1. The third-order valence-electron chi connectivity index (χ3n) is 3.03. The molecule has 3 nitrogen and oxygen atoms in total. The Balaban J connectivity index is 2.34. The Labute approximate surface area is 101 Å². The lowest BCUT2D eigenvalue weighted by Crippen LogP contribution is -2.41. The Kier molecular flexibility index (Phi) is 3.64. The maximum Gasteiger partial charge on any atom is 0.131 e. The van der Waals surface area contributed by atoms with Gasteiger partial charge in [-0.2, -0.15) is 0 Å². The van der Waals surface area contributed by atoms with E-state index in [1.54, 1.807) is 13.0 Å². The summed E-state index contributed by atoms with van der Waals surface area (Å²) in [5.41, 5.74) is 1.15. The van der Waals surface area contributed by atoms with Gasteiger partial charge in [-0.25, -0.2) is 4.39 Å². The molecule has 0 saturated carbocycles. The average Bonchev–Trinajstić information content (AvgIpc) is 2.28. The highest BCUT2D eigenvalue weighted by Crippen LogP contribution is 2.29. The van der Waals surface area contributed by atoms with Crippen molar-refractivity contribution in [2.75, 3.05) is 24.6 Å². The van der Waals surface area contributed by atoms with E-state index in [9.17, 15) is 9.50 Å². The van der Waals surface area contributed by atoms with Crippen LogP contribution >= 0.6 is 0 Å². The molecule has 1 unspecified atom stereocenters. The molecule has 94 valence electrons. The molecule has 17 heavy (non-hydrogen) atoms. The van der Waals surface area contributed by atoms with Crippen LogP contribution in [0.5, 0.6) is 0 Å². The van der Waals surface area contributed by atoms with E-state index in [4.69, 9.17) is 4.74 Å². The molecule has 1 N–H and O–H groups in total.